The molecule has 0 unspecified atom stereocenters. The van der Waals surface area contributed by atoms with Crippen LogP contribution in [0.15, 0.2) is 48.5 Å². The van der Waals surface area contributed by atoms with Crippen molar-refractivity contribution in [3.63, 3.8) is 0 Å². The van der Waals surface area contributed by atoms with Crippen molar-refractivity contribution < 1.29 is 31.8 Å². The topological polar surface area (TPSA) is 47.6 Å². The molecule has 1 amide bonds. The molecule has 134 valence electrons. The smallest absolute Gasteiger partial charge is 0.387 e. The largest absolute Gasteiger partial charge is 0.435 e. The number of benzene rings is 2. The van der Waals surface area contributed by atoms with E-state index >= 15 is 0 Å². The van der Waals surface area contributed by atoms with Gasteiger partial charge in [-0.25, -0.2) is 0 Å². The van der Waals surface area contributed by atoms with Crippen LogP contribution in [0.25, 0.3) is 0 Å². The summed E-state index contributed by atoms with van der Waals surface area (Å²) in [6.07, 6.45) is 0.0710. The summed E-state index contributed by atoms with van der Waals surface area (Å²) >= 11 is 0. The van der Waals surface area contributed by atoms with E-state index in [2.05, 4.69) is 14.8 Å². The SMILES string of the molecule is O=C(Cc1ccc(OC(F)F)cc1)NCc1ccc(OC(F)F)cc1. The van der Waals surface area contributed by atoms with Crippen molar-refractivity contribution in [2.75, 3.05) is 0 Å². The third-order valence-electron chi connectivity index (χ3n) is 3.15. The van der Waals surface area contributed by atoms with Crippen LogP contribution in [0.1, 0.15) is 11.1 Å². The maximum atomic E-state index is 12.0. The van der Waals surface area contributed by atoms with E-state index in [0.29, 0.717) is 5.56 Å². The molecule has 0 fully saturated rings. The molecule has 2 aromatic carbocycles. The Labute approximate surface area is 141 Å². The number of nitrogens with one attached hydrogen (secondary N) is 1. The van der Waals surface area contributed by atoms with E-state index < -0.39 is 13.2 Å². The first-order valence-corrected chi connectivity index (χ1v) is 7.26. The van der Waals surface area contributed by atoms with Crippen molar-refractivity contribution in [2.24, 2.45) is 0 Å². The van der Waals surface area contributed by atoms with Gasteiger partial charge in [0.15, 0.2) is 0 Å². The standard InChI is InChI=1S/C17H15F4NO3/c18-16(19)24-13-5-1-11(2-6-13)9-15(23)22-10-12-3-7-14(8-4-12)25-17(20)21/h1-8,16-17H,9-10H2,(H,22,23). The molecule has 0 spiro atoms. The molecule has 0 aromatic heterocycles. The summed E-state index contributed by atoms with van der Waals surface area (Å²) in [5, 5.41) is 2.68. The highest BCUT2D eigenvalue weighted by atomic mass is 19.3. The molecule has 0 aliphatic carbocycles. The van der Waals surface area contributed by atoms with E-state index in [0.717, 1.165) is 5.56 Å². The molecule has 2 aromatic rings. The molecule has 25 heavy (non-hydrogen) atoms. The van der Waals surface area contributed by atoms with Crippen LogP contribution >= 0.6 is 0 Å². The molecule has 1 N–H and O–H groups in total. The van der Waals surface area contributed by atoms with Gasteiger partial charge in [0.05, 0.1) is 6.42 Å². The Bertz CT molecular complexity index is 675. The number of ether oxygens (including phenoxy) is 2. The van der Waals surface area contributed by atoms with Crippen LogP contribution in [0, 0.1) is 0 Å². The number of hydrogen-bond donors (Lipinski definition) is 1. The van der Waals surface area contributed by atoms with Crippen LogP contribution in [0.5, 0.6) is 11.5 Å². The molecule has 0 bridgehead atoms. The lowest BCUT2D eigenvalue weighted by Crippen LogP contribution is -2.24. The molecule has 0 atom stereocenters. The van der Waals surface area contributed by atoms with E-state index in [1.165, 1.54) is 36.4 Å². The quantitative estimate of drug-likeness (QED) is 0.732. The van der Waals surface area contributed by atoms with Crippen LogP contribution in [-0.4, -0.2) is 19.1 Å². The molecule has 0 aliphatic heterocycles. The van der Waals surface area contributed by atoms with Gasteiger partial charge in [-0.15, -0.1) is 0 Å². The molecule has 0 saturated carbocycles. The lowest BCUT2D eigenvalue weighted by atomic mass is 10.1. The van der Waals surface area contributed by atoms with Crippen LogP contribution in [0.3, 0.4) is 0 Å². The Morgan fingerprint density at radius 2 is 1.24 bits per heavy atom. The van der Waals surface area contributed by atoms with Crippen LogP contribution in [0.4, 0.5) is 17.6 Å². The third-order valence-corrected chi connectivity index (χ3v) is 3.15. The van der Waals surface area contributed by atoms with Crippen molar-refractivity contribution in [1.82, 2.24) is 5.32 Å². The highest BCUT2D eigenvalue weighted by Crippen LogP contribution is 2.16. The minimum Gasteiger partial charge on any atom is -0.435 e. The van der Waals surface area contributed by atoms with E-state index in [-0.39, 0.29) is 30.4 Å². The van der Waals surface area contributed by atoms with Gasteiger partial charge in [-0.3, -0.25) is 4.79 Å². The fourth-order valence-corrected chi connectivity index (χ4v) is 2.03. The number of carbonyl (C=O) groups excluding carboxylic acids is 1. The van der Waals surface area contributed by atoms with Gasteiger partial charge in [0, 0.05) is 6.54 Å². The van der Waals surface area contributed by atoms with Crippen molar-refractivity contribution in [1.29, 1.82) is 0 Å². The zero-order valence-corrected chi connectivity index (χ0v) is 12.9. The Morgan fingerprint density at radius 1 is 0.800 bits per heavy atom. The summed E-state index contributed by atoms with van der Waals surface area (Å²) in [6, 6.07) is 11.7. The first kappa shape index (κ1) is 18.6. The molecule has 0 radical (unpaired) electrons. The zero-order valence-electron chi connectivity index (χ0n) is 12.9. The first-order valence-electron chi connectivity index (χ1n) is 7.26. The van der Waals surface area contributed by atoms with E-state index in [9.17, 15) is 22.4 Å². The molecule has 4 nitrogen and oxygen atoms in total. The predicted octanol–water partition coefficient (Wildman–Crippen LogP) is 3.75. The maximum absolute atomic E-state index is 12.0. The number of alkyl halides is 4. The van der Waals surface area contributed by atoms with Gasteiger partial charge in [-0.05, 0) is 35.4 Å². The summed E-state index contributed by atoms with van der Waals surface area (Å²) in [5.41, 5.74) is 1.36. The zero-order chi connectivity index (χ0) is 18.2. The molecule has 8 heteroatoms. The molecule has 0 saturated heterocycles. The summed E-state index contributed by atoms with van der Waals surface area (Å²) in [6.45, 7) is -5.56. The highest BCUT2D eigenvalue weighted by molar-refractivity contribution is 5.78. The second kappa shape index (κ2) is 8.91. The van der Waals surface area contributed by atoms with Gasteiger partial charge in [0.2, 0.25) is 5.91 Å². The van der Waals surface area contributed by atoms with Gasteiger partial charge >= 0.3 is 13.2 Å². The van der Waals surface area contributed by atoms with Gasteiger partial charge in [-0.2, -0.15) is 17.6 Å². The first-order chi connectivity index (χ1) is 11.9. The molecular weight excluding hydrogens is 342 g/mol. The number of carbonyl (C=O) groups is 1. The number of rotatable bonds is 8. The molecule has 0 aliphatic rings. The predicted molar refractivity (Wildman–Crippen MR) is 81.7 cm³/mol. The normalized spacial score (nSPS) is 10.8. The Morgan fingerprint density at radius 3 is 1.68 bits per heavy atom. The lowest BCUT2D eigenvalue weighted by Gasteiger charge is -2.08. The number of amides is 1. The van der Waals surface area contributed by atoms with Crippen LogP contribution in [0.2, 0.25) is 0 Å². The van der Waals surface area contributed by atoms with Crippen molar-refractivity contribution in [3.8, 4) is 11.5 Å². The van der Waals surface area contributed by atoms with Crippen molar-refractivity contribution in [3.05, 3.63) is 59.7 Å². The van der Waals surface area contributed by atoms with Crippen LogP contribution in [-0.2, 0) is 17.8 Å². The summed E-state index contributed by atoms with van der Waals surface area (Å²) in [5.74, 6) is -0.211. The Kier molecular flexibility index (Phi) is 6.62. The molecule has 2 rings (SSSR count). The van der Waals surface area contributed by atoms with Gasteiger partial charge in [-0.1, -0.05) is 24.3 Å². The van der Waals surface area contributed by atoms with E-state index in [1.807, 2.05) is 0 Å². The fraction of sp³-hybridized carbons (Fsp3) is 0.235. The van der Waals surface area contributed by atoms with E-state index in [1.54, 1.807) is 12.1 Å². The van der Waals surface area contributed by atoms with Crippen molar-refractivity contribution in [2.45, 2.75) is 26.2 Å². The van der Waals surface area contributed by atoms with Crippen LogP contribution < -0.4 is 14.8 Å². The third kappa shape index (κ3) is 6.70. The minimum atomic E-state index is -2.90. The fourth-order valence-electron chi connectivity index (χ4n) is 2.03. The number of hydrogen-bond acceptors (Lipinski definition) is 3. The average Bonchev–Trinajstić information content (AvgIpc) is 2.55. The Hall–Kier alpha value is -2.77. The van der Waals surface area contributed by atoms with Crippen molar-refractivity contribution >= 4 is 5.91 Å². The van der Waals surface area contributed by atoms with E-state index in [4.69, 9.17) is 0 Å². The Balaban J connectivity index is 1.80. The number of halogens is 4. The van der Waals surface area contributed by atoms with Gasteiger partial charge in [0.1, 0.15) is 11.5 Å². The van der Waals surface area contributed by atoms with Gasteiger partial charge < -0.3 is 14.8 Å². The highest BCUT2D eigenvalue weighted by Gasteiger charge is 2.07. The monoisotopic (exact) mass is 357 g/mol. The molecule has 0 heterocycles. The lowest BCUT2D eigenvalue weighted by molar-refractivity contribution is -0.120. The summed E-state index contributed by atoms with van der Waals surface area (Å²) in [7, 11) is 0. The second-order valence-electron chi connectivity index (χ2n) is 5.00. The van der Waals surface area contributed by atoms with Gasteiger partial charge in [0.25, 0.3) is 0 Å². The minimum absolute atomic E-state index is 0.0188. The summed E-state index contributed by atoms with van der Waals surface area (Å²) < 4.78 is 56.6. The maximum Gasteiger partial charge on any atom is 0.387 e. The average molecular weight is 357 g/mol. The molecular formula is C17H15F4NO3. The summed E-state index contributed by atoms with van der Waals surface area (Å²) in [4.78, 5) is 11.9. The second-order valence-corrected chi connectivity index (χ2v) is 5.00.